The zero-order chi connectivity index (χ0) is 19.9. The standard InChI is InChI=1S/C20H24N2O5/c1-20(2,3)27-19(25)22-16(18(23)24)12-14-8-4-5-10-17(14)26-13-15-9-6-7-11-21-15/h4-11,16H,12-13H2,1-3H3,(H,22,25)(H,23,24). The number of hydrogen-bond donors (Lipinski definition) is 2. The summed E-state index contributed by atoms with van der Waals surface area (Å²) < 4.78 is 10.9. The van der Waals surface area contributed by atoms with Gasteiger partial charge in [0, 0.05) is 12.6 Å². The van der Waals surface area contributed by atoms with Crippen LogP contribution in [0.3, 0.4) is 0 Å². The zero-order valence-corrected chi connectivity index (χ0v) is 15.6. The fourth-order valence-corrected chi connectivity index (χ4v) is 2.32. The summed E-state index contributed by atoms with van der Waals surface area (Å²) in [4.78, 5) is 27.7. The maximum Gasteiger partial charge on any atom is 0.408 e. The molecule has 1 amide bonds. The van der Waals surface area contributed by atoms with Crippen LogP contribution in [0.25, 0.3) is 0 Å². The Morgan fingerprint density at radius 1 is 1.15 bits per heavy atom. The summed E-state index contributed by atoms with van der Waals surface area (Å²) in [6.07, 6.45) is 0.963. The molecule has 0 aliphatic heterocycles. The summed E-state index contributed by atoms with van der Waals surface area (Å²) in [7, 11) is 0. The van der Waals surface area contributed by atoms with E-state index < -0.39 is 23.7 Å². The number of aliphatic carboxylic acids is 1. The lowest BCUT2D eigenvalue weighted by Crippen LogP contribution is -2.44. The van der Waals surface area contributed by atoms with E-state index in [0.717, 1.165) is 5.69 Å². The number of aromatic nitrogens is 1. The summed E-state index contributed by atoms with van der Waals surface area (Å²) in [6, 6.07) is 11.5. The minimum atomic E-state index is -1.15. The number of pyridine rings is 1. The average molecular weight is 372 g/mol. The minimum absolute atomic E-state index is 0.0625. The molecule has 7 heteroatoms. The summed E-state index contributed by atoms with van der Waals surface area (Å²) >= 11 is 0. The first-order valence-electron chi connectivity index (χ1n) is 8.57. The largest absolute Gasteiger partial charge is 0.487 e. The second-order valence-corrected chi connectivity index (χ2v) is 6.96. The smallest absolute Gasteiger partial charge is 0.408 e. The summed E-state index contributed by atoms with van der Waals surface area (Å²) in [5, 5.41) is 11.9. The number of carboxylic acid groups (broad SMARTS) is 1. The third-order valence-corrected chi connectivity index (χ3v) is 3.49. The van der Waals surface area contributed by atoms with Gasteiger partial charge >= 0.3 is 12.1 Å². The quantitative estimate of drug-likeness (QED) is 0.775. The van der Waals surface area contributed by atoms with Crippen LogP contribution in [0.4, 0.5) is 4.79 Å². The van der Waals surface area contributed by atoms with E-state index in [-0.39, 0.29) is 13.0 Å². The molecular formula is C20H24N2O5. The molecule has 2 rings (SSSR count). The molecule has 1 aromatic carbocycles. The highest BCUT2D eigenvalue weighted by atomic mass is 16.6. The van der Waals surface area contributed by atoms with Crippen LogP contribution < -0.4 is 10.1 Å². The summed E-state index contributed by atoms with van der Waals surface area (Å²) in [5.41, 5.74) is 0.711. The van der Waals surface area contributed by atoms with Crippen molar-refractivity contribution in [3.8, 4) is 5.75 Å². The van der Waals surface area contributed by atoms with Crippen LogP contribution >= 0.6 is 0 Å². The number of rotatable bonds is 7. The van der Waals surface area contributed by atoms with Crippen molar-refractivity contribution in [1.29, 1.82) is 0 Å². The Kier molecular flexibility index (Phi) is 6.76. The van der Waals surface area contributed by atoms with E-state index in [2.05, 4.69) is 10.3 Å². The maximum absolute atomic E-state index is 11.9. The highest BCUT2D eigenvalue weighted by Crippen LogP contribution is 2.21. The number of benzene rings is 1. The van der Waals surface area contributed by atoms with Crippen LogP contribution in [-0.4, -0.2) is 33.8 Å². The molecule has 2 aromatic rings. The second-order valence-electron chi connectivity index (χ2n) is 6.96. The van der Waals surface area contributed by atoms with Gasteiger partial charge in [0.2, 0.25) is 0 Å². The molecule has 7 nitrogen and oxygen atoms in total. The van der Waals surface area contributed by atoms with Crippen molar-refractivity contribution in [2.24, 2.45) is 0 Å². The van der Waals surface area contributed by atoms with Gasteiger partial charge in [-0.3, -0.25) is 4.98 Å². The van der Waals surface area contributed by atoms with Crippen molar-refractivity contribution in [2.75, 3.05) is 0 Å². The van der Waals surface area contributed by atoms with Crippen molar-refractivity contribution in [3.05, 3.63) is 59.9 Å². The van der Waals surface area contributed by atoms with E-state index in [1.807, 2.05) is 18.2 Å². The number of para-hydroxylation sites is 1. The lowest BCUT2D eigenvalue weighted by Gasteiger charge is -2.22. The number of carbonyl (C=O) groups excluding carboxylic acids is 1. The Labute approximate surface area is 158 Å². The number of amides is 1. The van der Waals surface area contributed by atoms with Crippen molar-refractivity contribution in [3.63, 3.8) is 0 Å². The monoisotopic (exact) mass is 372 g/mol. The van der Waals surface area contributed by atoms with Gasteiger partial charge in [-0.15, -0.1) is 0 Å². The SMILES string of the molecule is CC(C)(C)OC(=O)NC(Cc1ccccc1OCc1ccccn1)C(=O)O. The van der Waals surface area contributed by atoms with E-state index in [9.17, 15) is 14.7 Å². The number of nitrogens with zero attached hydrogens (tertiary/aromatic N) is 1. The molecule has 0 saturated carbocycles. The molecule has 0 bridgehead atoms. The molecule has 0 saturated heterocycles. The topological polar surface area (TPSA) is 97.8 Å². The van der Waals surface area contributed by atoms with Crippen molar-refractivity contribution in [1.82, 2.24) is 10.3 Å². The Morgan fingerprint density at radius 2 is 1.85 bits per heavy atom. The molecule has 0 fully saturated rings. The maximum atomic E-state index is 11.9. The van der Waals surface area contributed by atoms with Crippen molar-refractivity contribution < 1.29 is 24.2 Å². The van der Waals surface area contributed by atoms with E-state index >= 15 is 0 Å². The Bertz CT molecular complexity index is 771. The molecule has 2 N–H and O–H groups in total. The highest BCUT2D eigenvalue weighted by Gasteiger charge is 2.25. The third-order valence-electron chi connectivity index (χ3n) is 3.49. The van der Waals surface area contributed by atoms with E-state index in [0.29, 0.717) is 11.3 Å². The molecular weight excluding hydrogens is 348 g/mol. The highest BCUT2D eigenvalue weighted by molar-refractivity contribution is 5.80. The van der Waals surface area contributed by atoms with Gasteiger partial charge in [0.15, 0.2) is 0 Å². The van der Waals surface area contributed by atoms with Crippen LogP contribution in [0.2, 0.25) is 0 Å². The molecule has 0 radical (unpaired) electrons. The van der Waals surface area contributed by atoms with Crippen molar-refractivity contribution >= 4 is 12.1 Å². The average Bonchev–Trinajstić information content (AvgIpc) is 2.59. The zero-order valence-electron chi connectivity index (χ0n) is 15.6. The predicted octanol–water partition coefficient (Wildman–Crippen LogP) is 3.18. The predicted molar refractivity (Wildman–Crippen MR) is 99.5 cm³/mol. The fourth-order valence-electron chi connectivity index (χ4n) is 2.32. The second kappa shape index (κ2) is 9.02. The van der Waals surface area contributed by atoms with Crippen LogP contribution in [0, 0.1) is 0 Å². The summed E-state index contributed by atoms with van der Waals surface area (Å²) in [5.74, 6) is -0.610. The first-order chi connectivity index (χ1) is 12.7. The molecule has 0 aliphatic carbocycles. The lowest BCUT2D eigenvalue weighted by atomic mass is 10.0. The Hall–Kier alpha value is -3.09. The number of carbonyl (C=O) groups is 2. The van der Waals surface area contributed by atoms with Crippen LogP contribution in [0.1, 0.15) is 32.0 Å². The molecule has 0 spiro atoms. The number of nitrogens with one attached hydrogen (secondary N) is 1. The number of carboxylic acids is 1. The van der Waals surface area contributed by atoms with Crippen LogP contribution in [0.5, 0.6) is 5.75 Å². The fraction of sp³-hybridized carbons (Fsp3) is 0.350. The van der Waals surface area contributed by atoms with Gasteiger partial charge in [-0.05, 0) is 44.5 Å². The van der Waals surface area contributed by atoms with Gasteiger partial charge in [-0.1, -0.05) is 24.3 Å². The van der Waals surface area contributed by atoms with Gasteiger partial charge in [0.25, 0.3) is 0 Å². The van der Waals surface area contributed by atoms with Crippen LogP contribution in [-0.2, 0) is 22.6 Å². The Balaban J connectivity index is 2.07. The summed E-state index contributed by atoms with van der Waals surface area (Å²) in [6.45, 7) is 5.39. The molecule has 1 aromatic heterocycles. The number of hydrogen-bond acceptors (Lipinski definition) is 5. The van der Waals surface area contributed by atoms with Gasteiger partial charge < -0.3 is 19.9 Å². The third kappa shape index (κ3) is 6.97. The van der Waals surface area contributed by atoms with Gasteiger partial charge in [-0.2, -0.15) is 0 Å². The first kappa shape index (κ1) is 20.2. The van der Waals surface area contributed by atoms with E-state index in [1.165, 1.54) is 0 Å². The van der Waals surface area contributed by atoms with Crippen LogP contribution in [0.15, 0.2) is 48.7 Å². The molecule has 0 aliphatic rings. The van der Waals surface area contributed by atoms with Gasteiger partial charge in [0.05, 0.1) is 5.69 Å². The lowest BCUT2D eigenvalue weighted by molar-refractivity contribution is -0.139. The minimum Gasteiger partial charge on any atom is -0.487 e. The number of ether oxygens (including phenoxy) is 2. The first-order valence-corrected chi connectivity index (χ1v) is 8.57. The number of alkyl carbamates (subject to hydrolysis) is 1. The normalized spacial score (nSPS) is 12.1. The molecule has 144 valence electrons. The van der Waals surface area contributed by atoms with E-state index in [4.69, 9.17) is 9.47 Å². The molecule has 1 unspecified atom stereocenters. The Morgan fingerprint density at radius 3 is 2.48 bits per heavy atom. The van der Waals surface area contributed by atoms with Gasteiger partial charge in [-0.25, -0.2) is 9.59 Å². The van der Waals surface area contributed by atoms with Gasteiger partial charge in [0.1, 0.15) is 24.0 Å². The molecule has 27 heavy (non-hydrogen) atoms. The van der Waals surface area contributed by atoms with Crippen molar-refractivity contribution in [2.45, 2.75) is 45.4 Å². The molecule has 1 heterocycles. The van der Waals surface area contributed by atoms with E-state index in [1.54, 1.807) is 51.2 Å². The molecule has 1 atom stereocenters.